The molecular weight excluding hydrogens is 380 g/mol. The van der Waals surface area contributed by atoms with Crippen LogP contribution in [0.15, 0.2) is 94.2 Å². The van der Waals surface area contributed by atoms with Crippen molar-refractivity contribution in [1.29, 1.82) is 0 Å². The molecule has 4 aromatic rings. The van der Waals surface area contributed by atoms with Crippen molar-refractivity contribution in [3.63, 3.8) is 0 Å². The van der Waals surface area contributed by atoms with E-state index in [1.807, 2.05) is 36.4 Å². The zero-order valence-corrected chi connectivity index (χ0v) is 15.9. The molecule has 0 aliphatic rings. The van der Waals surface area contributed by atoms with Crippen LogP contribution in [0.25, 0.3) is 22.9 Å². The summed E-state index contributed by atoms with van der Waals surface area (Å²) in [5, 5.41) is 7.35. The van der Waals surface area contributed by atoms with E-state index in [0.717, 1.165) is 10.8 Å². The molecule has 0 bridgehead atoms. The van der Waals surface area contributed by atoms with Crippen molar-refractivity contribution in [3.8, 4) is 0 Å². The van der Waals surface area contributed by atoms with E-state index in [-0.39, 0.29) is 11.8 Å². The highest BCUT2D eigenvalue weighted by molar-refractivity contribution is 6.12. The predicted molar refractivity (Wildman–Crippen MR) is 117 cm³/mol. The maximum Gasteiger partial charge on any atom is 0.248 e. The van der Waals surface area contributed by atoms with Crippen LogP contribution in [0.5, 0.6) is 0 Å². The number of nitrogens with one attached hydrogen (secondary N) is 2. The van der Waals surface area contributed by atoms with Gasteiger partial charge >= 0.3 is 0 Å². The van der Waals surface area contributed by atoms with Crippen LogP contribution in [0.2, 0.25) is 0 Å². The molecule has 6 nitrogen and oxygen atoms in total. The Morgan fingerprint density at radius 3 is 1.50 bits per heavy atom. The Morgan fingerprint density at radius 2 is 1.10 bits per heavy atom. The van der Waals surface area contributed by atoms with Gasteiger partial charge in [0.1, 0.15) is 11.5 Å². The van der Waals surface area contributed by atoms with Gasteiger partial charge in [0.05, 0.1) is 12.5 Å². The lowest BCUT2D eigenvalue weighted by Crippen LogP contribution is -2.10. The largest absolute Gasteiger partial charge is 0.465 e. The number of furan rings is 2. The Hall–Kier alpha value is -4.32. The molecule has 0 atom stereocenters. The topological polar surface area (TPSA) is 84.5 Å². The number of amides is 2. The fourth-order valence-electron chi connectivity index (χ4n) is 2.96. The molecule has 0 spiro atoms. The fourth-order valence-corrected chi connectivity index (χ4v) is 2.96. The summed E-state index contributed by atoms with van der Waals surface area (Å²) in [4.78, 5) is 24.6. The molecule has 0 unspecified atom stereocenters. The van der Waals surface area contributed by atoms with E-state index in [1.165, 1.54) is 12.2 Å². The average Bonchev–Trinajstić information content (AvgIpc) is 3.46. The lowest BCUT2D eigenvalue weighted by molar-refractivity contribution is -0.112. The molecule has 4 rings (SSSR count). The van der Waals surface area contributed by atoms with Crippen molar-refractivity contribution in [2.24, 2.45) is 0 Å². The van der Waals surface area contributed by atoms with Crippen molar-refractivity contribution in [2.45, 2.75) is 0 Å². The summed E-state index contributed by atoms with van der Waals surface area (Å²) in [5.74, 6) is 0.621. The number of carbonyl (C=O) groups excluding carboxylic acids is 2. The maximum atomic E-state index is 12.3. The number of fused-ring (bicyclic) bond motifs is 1. The number of hydrogen-bond donors (Lipinski definition) is 2. The molecular formula is C24H18N2O4. The molecule has 2 amide bonds. The van der Waals surface area contributed by atoms with Gasteiger partial charge in [0.15, 0.2) is 0 Å². The summed E-state index contributed by atoms with van der Waals surface area (Å²) >= 11 is 0. The second-order valence-corrected chi connectivity index (χ2v) is 6.38. The summed E-state index contributed by atoms with van der Waals surface area (Å²) in [6.07, 6.45) is 9.09. The third-order valence-corrected chi connectivity index (χ3v) is 4.32. The number of hydrogen-bond acceptors (Lipinski definition) is 4. The maximum absolute atomic E-state index is 12.3. The van der Waals surface area contributed by atoms with Crippen LogP contribution >= 0.6 is 0 Å². The molecule has 0 saturated carbocycles. The number of benzene rings is 2. The SMILES string of the molecule is O=C(C=Cc1ccco1)Nc1cccc2c(NC(=O)C=Cc3ccco3)cccc12. The Labute approximate surface area is 172 Å². The van der Waals surface area contributed by atoms with Crippen LogP contribution in [0, 0.1) is 0 Å². The lowest BCUT2D eigenvalue weighted by atomic mass is 10.1. The molecule has 2 aromatic carbocycles. The smallest absolute Gasteiger partial charge is 0.248 e. The summed E-state index contributed by atoms with van der Waals surface area (Å²) in [5.41, 5.74) is 1.28. The first-order valence-electron chi connectivity index (χ1n) is 9.26. The summed E-state index contributed by atoms with van der Waals surface area (Å²) in [7, 11) is 0. The van der Waals surface area contributed by atoms with Gasteiger partial charge in [-0.15, -0.1) is 0 Å². The first-order chi connectivity index (χ1) is 14.7. The number of rotatable bonds is 6. The molecule has 30 heavy (non-hydrogen) atoms. The van der Waals surface area contributed by atoms with E-state index in [0.29, 0.717) is 22.9 Å². The van der Waals surface area contributed by atoms with Crippen molar-refractivity contribution >= 4 is 46.1 Å². The van der Waals surface area contributed by atoms with Crippen LogP contribution in [0.3, 0.4) is 0 Å². The third kappa shape index (κ3) is 4.56. The second kappa shape index (κ2) is 8.79. The number of anilines is 2. The molecule has 0 fully saturated rings. The summed E-state index contributed by atoms with van der Waals surface area (Å²) in [6.45, 7) is 0. The summed E-state index contributed by atoms with van der Waals surface area (Å²) in [6, 6.07) is 18.1. The molecule has 148 valence electrons. The normalized spacial score (nSPS) is 11.3. The standard InChI is InChI=1S/C24H18N2O4/c27-23(13-11-17-5-3-15-29-17)25-21-9-1-7-19-20(21)8-2-10-22(19)26-24(28)14-12-18-6-4-16-30-18/h1-16H,(H,25,27)(H,26,28). The molecule has 0 radical (unpaired) electrons. The van der Waals surface area contributed by atoms with Gasteiger partial charge < -0.3 is 19.5 Å². The van der Waals surface area contributed by atoms with Crippen molar-refractivity contribution in [1.82, 2.24) is 0 Å². The van der Waals surface area contributed by atoms with Gasteiger partial charge in [0.25, 0.3) is 0 Å². The zero-order valence-electron chi connectivity index (χ0n) is 15.9. The molecule has 6 heteroatoms. The molecule has 2 N–H and O–H groups in total. The van der Waals surface area contributed by atoms with Crippen LogP contribution in [0.1, 0.15) is 11.5 Å². The van der Waals surface area contributed by atoms with Crippen LogP contribution in [-0.2, 0) is 9.59 Å². The quantitative estimate of drug-likeness (QED) is 0.430. The van der Waals surface area contributed by atoms with Gasteiger partial charge in [-0.05, 0) is 48.6 Å². The Morgan fingerprint density at radius 1 is 0.633 bits per heavy atom. The van der Waals surface area contributed by atoms with Gasteiger partial charge in [0, 0.05) is 34.3 Å². The zero-order chi connectivity index (χ0) is 20.8. The highest BCUT2D eigenvalue weighted by Crippen LogP contribution is 2.29. The van der Waals surface area contributed by atoms with Gasteiger partial charge in [0.2, 0.25) is 11.8 Å². The minimum atomic E-state index is -0.283. The molecule has 2 aromatic heterocycles. The van der Waals surface area contributed by atoms with E-state index in [9.17, 15) is 9.59 Å². The van der Waals surface area contributed by atoms with E-state index >= 15 is 0 Å². The van der Waals surface area contributed by atoms with E-state index < -0.39 is 0 Å². The van der Waals surface area contributed by atoms with Crippen LogP contribution in [0.4, 0.5) is 11.4 Å². The van der Waals surface area contributed by atoms with Gasteiger partial charge in [-0.2, -0.15) is 0 Å². The minimum absolute atomic E-state index is 0.283. The molecule has 0 saturated heterocycles. The third-order valence-electron chi connectivity index (χ3n) is 4.32. The highest BCUT2D eigenvalue weighted by atomic mass is 16.3. The second-order valence-electron chi connectivity index (χ2n) is 6.38. The predicted octanol–water partition coefficient (Wildman–Crippen LogP) is 5.33. The van der Waals surface area contributed by atoms with Gasteiger partial charge in [-0.25, -0.2) is 0 Å². The van der Waals surface area contributed by atoms with Gasteiger partial charge in [-0.3, -0.25) is 9.59 Å². The Balaban J connectivity index is 1.52. The van der Waals surface area contributed by atoms with E-state index in [2.05, 4.69) is 10.6 Å². The fraction of sp³-hybridized carbons (Fsp3) is 0. The highest BCUT2D eigenvalue weighted by Gasteiger charge is 2.08. The molecule has 0 aliphatic heterocycles. The Kier molecular flexibility index (Phi) is 5.57. The van der Waals surface area contributed by atoms with E-state index in [1.54, 1.807) is 48.9 Å². The van der Waals surface area contributed by atoms with E-state index in [4.69, 9.17) is 8.83 Å². The van der Waals surface area contributed by atoms with Crippen LogP contribution < -0.4 is 10.6 Å². The van der Waals surface area contributed by atoms with Crippen molar-refractivity contribution < 1.29 is 18.4 Å². The molecule has 2 heterocycles. The van der Waals surface area contributed by atoms with Crippen molar-refractivity contribution in [3.05, 3.63) is 96.9 Å². The number of carbonyl (C=O) groups is 2. The lowest BCUT2D eigenvalue weighted by Gasteiger charge is -2.11. The van der Waals surface area contributed by atoms with Gasteiger partial charge in [-0.1, -0.05) is 24.3 Å². The first kappa shape index (κ1) is 19.0. The summed E-state index contributed by atoms with van der Waals surface area (Å²) < 4.78 is 10.4. The van der Waals surface area contributed by atoms with Crippen molar-refractivity contribution in [2.75, 3.05) is 10.6 Å². The minimum Gasteiger partial charge on any atom is -0.465 e. The first-order valence-corrected chi connectivity index (χ1v) is 9.26. The Bertz CT molecular complexity index is 1120. The molecule has 0 aliphatic carbocycles. The average molecular weight is 398 g/mol. The van der Waals surface area contributed by atoms with Crippen LogP contribution in [-0.4, -0.2) is 11.8 Å². The monoisotopic (exact) mass is 398 g/mol.